The van der Waals surface area contributed by atoms with E-state index in [9.17, 15) is 19.2 Å². The molecule has 3 N–H and O–H groups in total. The Morgan fingerprint density at radius 2 is 1.57 bits per heavy atom. The number of aryl methyl sites for hydroxylation is 1. The van der Waals surface area contributed by atoms with Crippen LogP contribution in [0.4, 0.5) is 10.6 Å². The number of nitrogens with one attached hydrogen (secondary N) is 3. The van der Waals surface area contributed by atoms with Gasteiger partial charge < -0.3 is 34.9 Å². The van der Waals surface area contributed by atoms with Gasteiger partial charge in [0.1, 0.15) is 28.5 Å². The van der Waals surface area contributed by atoms with Gasteiger partial charge in [-0.05, 0) is 84.1 Å². The highest BCUT2D eigenvalue weighted by Crippen LogP contribution is 2.30. The van der Waals surface area contributed by atoms with E-state index in [1.807, 2.05) is 42.5 Å². The quantitative estimate of drug-likeness (QED) is 0.248. The third-order valence-corrected chi connectivity index (χ3v) is 7.63. The number of methoxy groups -OCH3 is 1. The monoisotopic (exact) mass is 648 g/mol. The van der Waals surface area contributed by atoms with Crippen molar-refractivity contribution in [1.29, 1.82) is 0 Å². The molecule has 47 heavy (non-hydrogen) atoms. The van der Waals surface area contributed by atoms with Gasteiger partial charge in [0.15, 0.2) is 5.82 Å². The number of carbonyl (C=O) groups is 4. The van der Waals surface area contributed by atoms with Crippen molar-refractivity contribution in [3.05, 3.63) is 78.2 Å². The first-order valence-corrected chi connectivity index (χ1v) is 15.5. The van der Waals surface area contributed by atoms with Crippen LogP contribution in [-0.2, 0) is 31.1 Å². The maximum Gasteiger partial charge on any atom is 0.408 e. The van der Waals surface area contributed by atoms with Crippen LogP contribution in [0.5, 0.6) is 5.75 Å². The molecule has 0 aliphatic heterocycles. The van der Waals surface area contributed by atoms with Gasteiger partial charge in [-0.3, -0.25) is 14.4 Å². The number of likely N-dealkylation sites (N-methyl/N-ethyl adjacent to an activating group) is 1. The van der Waals surface area contributed by atoms with Gasteiger partial charge in [0.05, 0.1) is 13.4 Å². The second-order valence-electron chi connectivity index (χ2n) is 13.3. The summed E-state index contributed by atoms with van der Waals surface area (Å²) in [5.41, 5.74) is -1.52. The fourth-order valence-electron chi connectivity index (χ4n) is 4.96. The van der Waals surface area contributed by atoms with Gasteiger partial charge >= 0.3 is 6.09 Å². The summed E-state index contributed by atoms with van der Waals surface area (Å²) < 4.78 is 12.2. The molecule has 0 saturated carbocycles. The first kappa shape index (κ1) is 36.6. The summed E-state index contributed by atoms with van der Waals surface area (Å²) in [6, 6.07) is 16.1. The Labute approximate surface area is 277 Å². The summed E-state index contributed by atoms with van der Waals surface area (Å²) in [4.78, 5) is 59.0. The zero-order valence-electron chi connectivity index (χ0n) is 28.8. The van der Waals surface area contributed by atoms with E-state index in [4.69, 9.17) is 9.47 Å². The molecule has 0 fully saturated rings. The average Bonchev–Trinajstić information content (AvgIpc) is 3.47. The highest BCUT2D eigenvalue weighted by molar-refractivity contribution is 5.98. The molecule has 3 aromatic rings. The second kappa shape index (κ2) is 15.1. The minimum atomic E-state index is -1.38. The number of imidazole rings is 1. The maximum absolute atomic E-state index is 13.7. The third-order valence-electron chi connectivity index (χ3n) is 7.63. The van der Waals surface area contributed by atoms with Crippen molar-refractivity contribution in [1.82, 2.24) is 25.1 Å². The van der Waals surface area contributed by atoms with Crippen LogP contribution in [0.15, 0.2) is 67.1 Å². The molecular weight excluding hydrogens is 600 g/mol. The smallest absolute Gasteiger partial charge is 0.408 e. The molecule has 1 heterocycles. The third kappa shape index (κ3) is 9.81. The Hall–Kier alpha value is -4.87. The lowest BCUT2D eigenvalue weighted by atomic mass is 9.90. The van der Waals surface area contributed by atoms with Gasteiger partial charge in [0.2, 0.25) is 11.8 Å². The standard InChI is InChI=1S/C35H48N6O6/c1-33(2,3)47-32(45)39-34(4,5)30(43)37-27(17-13-16-24-14-11-10-12-15-24)29(42)38-28-22-41(23-36-28)35(6,31(44)40(7)8)25-18-20-26(46-9)21-19-25/h10-12,14-15,18-23,27H,13,16-17H2,1-9H3,(H,37,43)(H,38,42)(H,39,45). The van der Waals surface area contributed by atoms with Crippen LogP contribution in [0.2, 0.25) is 0 Å². The molecule has 0 aliphatic rings. The number of alkyl carbamates (subject to hydrolysis) is 1. The first-order valence-electron chi connectivity index (χ1n) is 15.5. The summed E-state index contributed by atoms with van der Waals surface area (Å²) in [5.74, 6) is -0.400. The zero-order valence-corrected chi connectivity index (χ0v) is 28.8. The fourth-order valence-corrected chi connectivity index (χ4v) is 4.96. The van der Waals surface area contributed by atoms with Crippen molar-refractivity contribution in [2.45, 2.75) is 83.5 Å². The molecule has 0 saturated heterocycles. The molecule has 1 aromatic heterocycles. The summed E-state index contributed by atoms with van der Waals surface area (Å²) in [5, 5.41) is 8.20. The van der Waals surface area contributed by atoms with Crippen LogP contribution >= 0.6 is 0 Å². The van der Waals surface area contributed by atoms with Gasteiger partial charge in [-0.2, -0.15) is 0 Å². The van der Waals surface area contributed by atoms with Crippen molar-refractivity contribution >= 4 is 29.6 Å². The van der Waals surface area contributed by atoms with Crippen molar-refractivity contribution in [2.24, 2.45) is 0 Å². The number of hydrogen-bond acceptors (Lipinski definition) is 7. The SMILES string of the molecule is COc1ccc(C(C)(C(=O)N(C)C)n2cnc(NC(=O)C(CCCc3ccccc3)NC(=O)C(C)(C)NC(=O)OC(C)(C)C)c2)cc1. The zero-order chi connectivity index (χ0) is 35.0. The van der Waals surface area contributed by atoms with E-state index in [0.717, 1.165) is 5.56 Å². The summed E-state index contributed by atoms with van der Waals surface area (Å²) in [6.07, 6.45) is 3.93. The van der Waals surface area contributed by atoms with E-state index in [2.05, 4.69) is 20.9 Å². The number of anilines is 1. The highest BCUT2D eigenvalue weighted by Gasteiger charge is 2.39. The number of benzene rings is 2. The Balaban J connectivity index is 1.84. The predicted octanol–water partition coefficient (Wildman–Crippen LogP) is 4.49. The highest BCUT2D eigenvalue weighted by atomic mass is 16.6. The number of aromatic nitrogens is 2. The summed E-state index contributed by atoms with van der Waals surface area (Å²) in [6.45, 7) is 10.0. The van der Waals surface area contributed by atoms with Crippen molar-refractivity contribution in [3.63, 3.8) is 0 Å². The van der Waals surface area contributed by atoms with Gasteiger partial charge in [-0.15, -0.1) is 0 Å². The molecule has 0 spiro atoms. The minimum absolute atomic E-state index is 0.203. The number of amides is 4. The van der Waals surface area contributed by atoms with E-state index >= 15 is 0 Å². The summed E-state index contributed by atoms with van der Waals surface area (Å²) in [7, 11) is 4.91. The Morgan fingerprint density at radius 1 is 0.936 bits per heavy atom. The molecular formula is C35H48N6O6. The van der Waals surface area contributed by atoms with Crippen LogP contribution in [0.1, 0.15) is 65.5 Å². The molecule has 2 unspecified atom stereocenters. The van der Waals surface area contributed by atoms with Crippen LogP contribution < -0.4 is 20.7 Å². The Bertz CT molecular complexity index is 1530. The topological polar surface area (TPSA) is 144 Å². The number of rotatable bonds is 13. The lowest BCUT2D eigenvalue weighted by molar-refractivity contribution is -0.135. The molecule has 3 rings (SSSR count). The lowest BCUT2D eigenvalue weighted by Crippen LogP contribution is -2.58. The molecule has 2 atom stereocenters. The molecule has 0 bridgehead atoms. The lowest BCUT2D eigenvalue weighted by Gasteiger charge is -2.33. The molecule has 4 amide bonds. The molecule has 0 aliphatic carbocycles. The fraction of sp³-hybridized carbons (Fsp3) is 0.457. The molecule has 0 radical (unpaired) electrons. The van der Waals surface area contributed by atoms with Gasteiger partial charge in [0.25, 0.3) is 5.91 Å². The van der Waals surface area contributed by atoms with E-state index in [0.29, 0.717) is 30.6 Å². The number of ether oxygens (including phenoxy) is 2. The normalized spacial score (nSPS) is 13.5. The van der Waals surface area contributed by atoms with Crippen LogP contribution in [0, 0.1) is 0 Å². The van der Waals surface area contributed by atoms with Crippen LogP contribution in [-0.4, -0.2) is 76.7 Å². The van der Waals surface area contributed by atoms with Crippen LogP contribution in [0.3, 0.4) is 0 Å². The minimum Gasteiger partial charge on any atom is -0.497 e. The van der Waals surface area contributed by atoms with E-state index in [1.165, 1.54) is 25.1 Å². The molecule has 12 heteroatoms. The first-order chi connectivity index (χ1) is 22.0. The maximum atomic E-state index is 13.7. The molecule has 254 valence electrons. The number of nitrogens with zero attached hydrogens (tertiary/aromatic N) is 3. The van der Waals surface area contributed by atoms with Crippen molar-refractivity contribution in [2.75, 3.05) is 26.5 Å². The van der Waals surface area contributed by atoms with Crippen LogP contribution in [0.25, 0.3) is 0 Å². The Kier molecular flexibility index (Phi) is 11.8. The molecule has 12 nitrogen and oxygen atoms in total. The van der Waals surface area contributed by atoms with Crippen molar-refractivity contribution in [3.8, 4) is 5.75 Å². The molecule has 2 aromatic carbocycles. The van der Waals surface area contributed by atoms with E-state index < -0.39 is 40.6 Å². The van der Waals surface area contributed by atoms with Gasteiger partial charge in [0, 0.05) is 20.3 Å². The largest absolute Gasteiger partial charge is 0.497 e. The average molecular weight is 649 g/mol. The van der Waals surface area contributed by atoms with E-state index in [-0.39, 0.29) is 11.7 Å². The van der Waals surface area contributed by atoms with Gasteiger partial charge in [-0.1, -0.05) is 42.5 Å². The Morgan fingerprint density at radius 3 is 2.15 bits per heavy atom. The second-order valence-corrected chi connectivity index (χ2v) is 13.3. The van der Waals surface area contributed by atoms with Gasteiger partial charge in [-0.25, -0.2) is 9.78 Å². The van der Waals surface area contributed by atoms with Crippen molar-refractivity contribution < 1.29 is 28.7 Å². The number of hydrogen-bond donors (Lipinski definition) is 3. The predicted molar refractivity (Wildman–Crippen MR) is 180 cm³/mol. The summed E-state index contributed by atoms with van der Waals surface area (Å²) >= 11 is 0. The number of carbonyl (C=O) groups excluding carboxylic acids is 4. The van der Waals surface area contributed by atoms with E-state index in [1.54, 1.807) is 71.8 Å².